The zero-order chi connectivity index (χ0) is 21.3. The summed E-state index contributed by atoms with van der Waals surface area (Å²) in [5.74, 6) is -0.160. The molecule has 0 spiro atoms. The molecule has 0 radical (unpaired) electrons. The van der Waals surface area contributed by atoms with Crippen molar-refractivity contribution in [1.82, 2.24) is 14.9 Å². The van der Waals surface area contributed by atoms with E-state index in [1.54, 1.807) is 17.3 Å². The SMILES string of the molecule is O=C(Nc1cc(C(=O)N2CCCC(c3ncc[nH]3)C2)cc(C(F)(F)F)c1)C1CCC1. The molecule has 9 heteroatoms. The standard InChI is InChI=1S/C21H23F3N4O2/c22-21(23,24)16-9-15(10-17(11-16)27-19(29)13-3-1-4-13)20(30)28-8-2-5-14(12-28)18-25-6-7-26-18/h6-7,9-11,13-14H,1-5,8,12H2,(H,25,26)(H,27,29). The number of carbonyl (C=O) groups excluding carboxylic acids is 2. The van der Waals surface area contributed by atoms with E-state index in [2.05, 4.69) is 15.3 Å². The molecule has 1 unspecified atom stereocenters. The number of anilines is 1. The van der Waals surface area contributed by atoms with Crippen LogP contribution in [0.25, 0.3) is 0 Å². The molecule has 2 aromatic rings. The second kappa shape index (κ2) is 8.12. The first-order valence-corrected chi connectivity index (χ1v) is 10.1. The van der Waals surface area contributed by atoms with Gasteiger partial charge in [0.05, 0.1) is 5.56 Å². The molecule has 2 amide bonds. The molecule has 1 saturated carbocycles. The Balaban J connectivity index is 1.57. The molecule has 0 bridgehead atoms. The monoisotopic (exact) mass is 420 g/mol. The van der Waals surface area contributed by atoms with E-state index in [4.69, 9.17) is 0 Å². The zero-order valence-electron chi connectivity index (χ0n) is 16.3. The average molecular weight is 420 g/mol. The summed E-state index contributed by atoms with van der Waals surface area (Å²) in [5, 5.41) is 2.56. The van der Waals surface area contributed by atoms with Gasteiger partial charge < -0.3 is 15.2 Å². The molecule has 160 valence electrons. The minimum atomic E-state index is -4.62. The van der Waals surface area contributed by atoms with E-state index in [0.717, 1.165) is 50.1 Å². The number of likely N-dealkylation sites (tertiary alicyclic amines) is 1. The number of aromatic nitrogens is 2. The lowest BCUT2D eigenvalue weighted by Gasteiger charge is -2.32. The number of H-pyrrole nitrogens is 1. The summed E-state index contributed by atoms with van der Waals surface area (Å²) in [5.41, 5.74) is -1.02. The number of nitrogens with zero attached hydrogens (tertiary/aromatic N) is 2. The fourth-order valence-electron chi connectivity index (χ4n) is 3.97. The smallest absolute Gasteiger partial charge is 0.348 e. The van der Waals surface area contributed by atoms with Crippen LogP contribution in [0, 0.1) is 5.92 Å². The van der Waals surface area contributed by atoms with Gasteiger partial charge in [-0.25, -0.2) is 4.98 Å². The number of rotatable bonds is 4. The average Bonchev–Trinajstić information content (AvgIpc) is 3.20. The number of piperidine rings is 1. The zero-order valence-corrected chi connectivity index (χ0v) is 16.3. The van der Waals surface area contributed by atoms with Crippen molar-refractivity contribution in [2.24, 2.45) is 5.92 Å². The van der Waals surface area contributed by atoms with Crippen LogP contribution in [0.4, 0.5) is 18.9 Å². The molecule has 1 aliphatic carbocycles. The third-order valence-electron chi connectivity index (χ3n) is 5.87. The highest BCUT2D eigenvalue weighted by molar-refractivity contribution is 5.98. The van der Waals surface area contributed by atoms with Gasteiger partial charge in [-0.15, -0.1) is 0 Å². The van der Waals surface area contributed by atoms with Crippen LogP contribution in [0.5, 0.6) is 0 Å². The Labute approximate surface area is 171 Å². The molecule has 1 atom stereocenters. The lowest BCUT2D eigenvalue weighted by Crippen LogP contribution is -2.39. The molecular weight excluding hydrogens is 397 g/mol. The van der Waals surface area contributed by atoms with Gasteiger partial charge in [0.25, 0.3) is 5.91 Å². The van der Waals surface area contributed by atoms with Crippen LogP contribution in [0.15, 0.2) is 30.6 Å². The van der Waals surface area contributed by atoms with Gasteiger partial charge in [0.15, 0.2) is 0 Å². The van der Waals surface area contributed by atoms with Crippen molar-refractivity contribution < 1.29 is 22.8 Å². The molecule has 2 heterocycles. The Kier molecular flexibility index (Phi) is 5.53. The first-order chi connectivity index (χ1) is 14.3. The van der Waals surface area contributed by atoms with Crippen molar-refractivity contribution in [3.8, 4) is 0 Å². The second-order valence-electron chi connectivity index (χ2n) is 7.98. The van der Waals surface area contributed by atoms with Gasteiger partial charge >= 0.3 is 6.18 Å². The molecule has 2 N–H and O–H groups in total. The van der Waals surface area contributed by atoms with Gasteiger partial charge in [-0.1, -0.05) is 6.42 Å². The van der Waals surface area contributed by atoms with Crippen molar-refractivity contribution in [3.63, 3.8) is 0 Å². The summed E-state index contributed by atoms with van der Waals surface area (Å²) in [6, 6.07) is 3.08. The number of halogens is 3. The summed E-state index contributed by atoms with van der Waals surface area (Å²) in [6.07, 6.45) is 2.72. The maximum absolute atomic E-state index is 13.4. The Bertz CT molecular complexity index is 923. The van der Waals surface area contributed by atoms with E-state index in [9.17, 15) is 22.8 Å². The molecule has 6 nitrogen and oxygen atoms in total. The van der Waals surface area contributed by atoms with Crippen molar-refractivity contribution in [2.45, 2.75) is 44.2 Å². The lowest BCUT2D eigenvalue weighted by molar-refractivity contribution is -0.137. The Morgan fingerprint density at radius 2 is 1.93 bits per heavy atom. The van der Waals surface area contributed by atoms with Gasteiger partial charge in [0.2, 0.25) is 5.91 Å². The number of hydrogen-bond donors (Lipinski definition) is 2. The second-order valence-corrected chi connectivity index (χ2v) is 7.98. The van der Waals surface area contributed by atoms with Crippen molar-refractivity contribution in [3.05, 3.63) is 47.5 Å². The number of aromatic amines is 1. The maximum atomic E-state index is 13.4. The van der Waals surface area contributed by atoms with Gasteiger partial charge in [0, 0.05) is 48.6 Å². The lowest BCUT2D eigenvalue weighted by atomic mass is 9.85. The Hall–Kier alpha value is -2.84. The third kappa shape index (κ3) is 4.34. The largest absolute Gasteiger partial charge is 0.416 e. The van der Waals surface area contributed by atoms with Crippen molar-refractivity contribution >= 4 is 17.5 Å². The summed E-state index contributed by atoms with van der Waals surface area (Å²) >= 11 is 0. The number of alkyl halides is 3. The number of hydrogen-bond acceptors (Lipinski definition) is 3. The predicted molar refractivity (Wildman–Crippen MR) is 104 cm³/mol. The van der Waals surface area contributed by atoms with E-state index in [-0.39, 0.29) is 29.0 Å². The Morgan fingerprint density at radius 3 is 2.57 bits per heavy atom. The molecule has 2 aliphatic rings. The van der Waals surface area contributed by atoms with Crippen LogP contribution in [0.2, 0.25) is 0 Å². The first kappa shape index (κ1) is 20.4. The first-order valence-electron chi connectivity index (χ1n) is 10.1. The van der Waals surface area contributed by atoms with E-state index >= 15 is 0 Å². The summed E-state index contributed by atoms with van der Waals surface area (Å²) in [6.45, 7) is 0.850. The maximum Gasteiger partial charge on any atom is 0.416 e. The fraction of sp³-hybridized carbons (Fsp3) is 0.476. The van der Waals surface area contributed by atoms with E-state index in [0.29, 0.717) is 13.1 Å². The van der Waals surface area contributed by atoms with Gasteiger partial charge in [0.1, 0.15) is 5.82 Å². The number of nitrogens with one attached hydrogen (secondary N) is 2. The van der Waals surface area contributed by atoms with Crippen molar-refractivity contribution in [2.75, 3.05) is 18.4 Å². The van der Waals surface area contributed by atoms with Crippen LogP contribution < -0.4 is 5.32 Å². The molecule has 1 aliphatic heterocycles. The number of imidazole rings is 1. The highest BCUT2D eigenvalue weighted by Gasteiger charge is 2.34. The minimum Gasteiger partial charge on any atom is -0.348 e. The number of carbonyl (C=O) groups is 2. The molecule has 1 aromatic carbocycles. The predicted octanol–water partition coefficient (Wildman–Crippen LogP) is 4.19. The van der Waals surface area contributed by atoms with E-state index in [1.165, 1.54) is 6.07 Å². The van der Waals surface area contributed by atoms with Crippen molar-refractivity contribution in [1.29, 1.82) is 0 Å². The quantitative estimate of drug-likeness (QED) is 0.779. The van der Waals surface area contributed by atoms with Crippen LogP contribution in [-0.4, -0.2) is 39.8 Å². The van der Waals surface area contributed by atoms with Gasteiger partial charge in [-0.3, -0.25) is 9.59 Å². The highest BCUT2D eigenvalue weighted by atomic mass is 19.4. The third-order valence-corrected chi connectivity index (χ3v) is 5.87. The van der Waals surface area contributed by atoms with E-state index in [1.807, 2.05) is 0 Å². The number of amides is 2. The summed E-state index contributed by atoms with van der Waals surface area (Å²) in [4.78, 5) is 34.1. The fourth-order valence-corrected chi connectivity index (χ4v) is 3.97. The molecule has 1 aromatic heterocycles. The normalized spacial score (nSPS) is 20.0. The van der Waals surface area contributed by atoms with Crippen LogP contribution in [-0.2, 0) is 11.0 Å². The molecule has 2 fully saturated rings. The topological polar surface area (TPSA) is 78.1 Å². The van der Waals surface area contributed by atoms with Crippen LogP contribution in [0.3, 0.4) is 0 Å². The highest BCUT2D eigenvalue weighted by Crippen LogP contribution is 2.34. The van der Waals surface area contributed by atoms with Gasteiger partial charge in [-0.05, 0) is 43.9 Å². The van der Waals surface area contributed by atoms with Gasteiger partial charge in [-0.2, -0.15) is 13.2 Å². The van der Waals surface area contributed by atoms with Crippen LogP contribution in [0.1, 0.15) is 59.8 Å². The Morgan fingerprint density at radius 1 is 1.13 bits per heavy atom. The molecule has 30 heavy (non-hydrogen) atoms. The summed E-state index contributed by atoms with van der Waals surface area (Å²) < 4.78 is 40.3. The van der Waals surface area contributed by atoms with E-state index < -0.39 is 17.6 Å². The molecule has 4 rings (SSSR count). The minimum absolute atomic E-state index is 0.00432. The molecular formula is C21H23F3N4O2. The molecule has 1 saturated heterocycles. The number of benzene rings is 1. The van der Waals surface area contributed by atoms with Crippen LogP contribution >= 0.6 is 0 Å². The summed E-state index contributed by atoms with van der Waals surface area (Å²) in [7, 11) is 0.